The fraction of sp³-hybridized carbons (Fsp3) is 0.333. The number of fused-ring (bicyclic) bond motifs is 1. The first-order valence-electron chi connectivity index (χ1n) is 6.85. The fourth-order valence-electron chi connectivity index (χ4n) is 2.77. The average Bonchev–Trinajstić information content (AvgIpc) is 3.02. The Labute approximate surface area is 118 Å². The molecular weight excluding hydrogens is 252 g/mol. The molecule has 0 saturated heterocycles. The normalized spacial score (nSPS) is 13.6. The van der Waals surface area contributed by atoms with Crippen LogP contribution in [0, 0.1) is 6.92 Å². The highest BCUT2D eigenvalue weighted by Gasteiger charge is 2.28. The van der Waals surface area contributed by atoms with Crippen LogP contribution in [0.4, 0.5) is 11.4 Å². The molecular formula is C15H18N4O. The minimum Gasteiger partial charge on any atom is -0.398 e. The van der Waals surface area contributed by atoms with E-state index in [1.165, 1.54) is 0 Å². The van der Waals surface area contributed by atoms with Crippen LogP contribution in [-0.2, 0) is 13.0 Å². The Morgan fingerprint density at radius 2 is 2.25 bits per heavy atom. The number of amides is 1. The number of rotatable bonds is 2. The molecule has 1 aliphatic heterocycles. The van der Waals surface area contributed by atoms with Crippen LogP contribution >= 0.6 is 0 Å². The van der Waals surface area contributed by atoms with Gasteiger partial charge < -0.3 is 10.6 Å². The summed E-state index contributed by atoms with van der Waals surface area (Å²) in [7, 11) is 0. The van der Waals surface area contributed by atoms with Gasteiger partial charge in [0.1, 0.15) is 5.69 Å². The molecule has 5 nitrogen and oxygen atoms in total. The molecule has 2 N–H and O–H groups in total. The number of carbonyl (C=O) groups is 1. The summed E-state index contributed by atoms with van der Waals surface area (Å²) in [6.45, 7) is 5.25. The van der Waals surface area contributed by atoms with Crippen LogP contribution in [0.2, 0.25) is 0 Å². The van der Waals surface area contributed by atoms with Crippen LogP contribution in [0.3, 0.4) is 0 Å². The van der Waals surface area contributed by atoms with Gasteiger partial charge in [-0.05, 0) is 38.5 Å². The zero-order valence-corrected chi connectivity index (χ0v) is 11.8. The highest BCUT2D eigenvalue weighted by molar-refractivity contribution is 6.06. The summed E-state index contributed by atoms with van der Waals surface area (Å²) in [6, 6.07) is 7.57. The number of aromatic nitrogens is 2. The van der Waals surface area contributed by atoms with Gasteiger partial charge >= 0.3 is 0 Å². The molecule has 0 unspecified atom stereocenters. The second-order valence-electron chi connectivity index (χ2n) is 5.04. The summed E-state index contributed by atoms with van der Waals surface area (Å²) >= 11 is 0. The van der Waals surface area contributed by atoms with E-state index in [1.54, 1.807) is 9.58 Å². The lowest BCUT2D eigenvalue weighted by Gasteiger charge is -2.17. The SMILES string of the molecule is CCn1nc(C)cc1C(=O)N1CCc2c(N)cccc21. The Kier molecular flexibility index (Phi) is 2.97. The molecule has 0 spiro atoms. The molecule has 1 aliphatic rings. The van der Waals surface area contributed by atoms with Gasteiger partial charge in [-0.15, -0.1) is 0 Å². The largest absolute Gasteiger partial charge is 0.398 e. The Morgan fingerprint density at radius 1 is 1.45 bits per heavy atom. The quantitative estimate of drug-likeness (QED) is 0.849. The van der Waals surface area contributed by atoms with E-state index in [1.807, 2.05) is 38.1 Å². The molecule has 1 aromatic heterocycles. The van der Waals surface area contributed by atoms with Crippen LogP contribution in [-0.4, -0.2) is 22.2 Å². The van der Waals surface area contributed by atoms with E-state index < -0.39 is 0 Å². The Bertz CT molecular complexity index is 675. The number of nitrogens with zero attached hydrogens (tertiary/aromatic N) is 3. The molecule has 0 atom stereocenters. The van der Waals surface area contributed by atoms with Crippen molar-refractivity contribution in [3.63, 3.8) is 0 Å². The van der Waals surface area contributed by atoms with Gasteiger partial charge in [-0.2, -0.15) is 5.10 Å². The number of hydrogen-bond donors (Lipinski definition) is 1. The summed E-state index contributed by atoms with van der Waals surface area (Å²) in [5, 5.41) is 4.34. The molecule has 0 saturated carbocycles. The molecule has 2 heterocycles. The zero-order valence-electron chi connectivity index (χ0n) is 11.8. The summed E-state index contributed by atoms with van der Waals surface area (Å²) in [6.07, 6.45) is 0.812. The Balaban J connectivity index is 2.00. The number of nitrogen functional groups attached to an aromatic ring is 1. The van der Waals surface area contributed by atoms with E-state index in [4.69, 9.17) is 5.73 Å². The van der Waals surface area contributed by atoms with Crippen molar-refractivity contribution in [3.05, 3.63) is 41.2 Å². The number of anilines is 2. The van der Waals surface area contributed by atoms with Gasteiger partial charge in [-0.1, -0.05) is 6.07 Å². The average molecular weight is 270 g/mol. The van der Waals surface area contributed by atoms with Gasteiger partial charge in [-0.25, -0.2) is 0 Å². The molecule has 5 heteroatoms. The smallest absolute Gasteiger partial charge is 0.276 e. The molecule has 0 fully saturated rings. The molecule has 2 aromatic rings. The molecule has 104 valence electrons. The first-order valence-corrected chi connectivity index (χ1v) is 6.85. The van der Waals surface area contributed by atoms with Crippen molar-refractivity contribution in [3.8, 4) is 0 Å². The van der Waals surface area contributed by atoms with E-state index in [-0.39, 0.29) is 5.91 Å². The number of hydrogen-bond acceptors (Lipinski definition) is 3. The van der Waals surface area contributed by atoms with E-state index in [9.17, 15) is 4.79 Å². The molecule has 0 aliphatic carbocycles. The first kappa shape index (κ1) is 12.7. The van der Waals surface area contributed by atoms with Gasteiger partial charge in [-0.3, -0.25) is 9.48 Å². The number of benzene rings is 1. The van der Waals surface area contributed by atoms with Crippen molar-refractivity contribution < 1.29 is 4.79 Å². The van der Waals surface area contributed by atoms with E-state index in [0.29, 0.717) is 18.8 Å². The Morgan fingerprint density at radius 3 is 3.00 bits per heavy atom. The van der Waals surface area contributed by atoms with Gasteiger partial charge in [0.15, 0.2) is 0 Å². The molecule has 20 heavy (non-hydrogen) atoms. The van der Waals surface area contributed by atoms with E-state index in [2.05, 4.69) is 5.10 Å². The monoisotopic (exact) mass is 270 g/mol. The van der Waals surface area contributed by atoms with Crippen molar-refractivity contribution in [2.75, 3.05) is 17.2 Å². The molecule has 1 amide bonds. The standard InChI is InChI=1S/C15H18N4O/c1-3-19-14(9-10(2)17-19)15(20)18-8-7-11-12(16)5-4-6-13(11)18/h4-6,9H,3,7-8,16H2,1-2H3. The highest BCUT2D eigenvalue weighted by atomic mass is 16.2. The highest BCUT2D eigenvalue weighted by Crippen LogP contribution is 2.33. The fourth-order valence-corrected chi connectivity index (χ4v) is 2.77. The third kappa shape index (κ3) is 1.86. The van der Waals surface area contributed by atoms with Crippen molar-refractivity contribution in [2.45, 2.75) is 26.8 Å². The zero-order chi connectivity index (χ0) is 14.3. The van der Waals surface area contributed by atoms with Gasteiger partial charge in [0.05, 0.1) is 5.69 Å². The molecule has 1 aromatic carbocycles. The van der Waals surface area contributed by atoms with Crippen molar-refractivity contribution in [1.82, 2.24) is 9.78 Å². The van der Waals surface area contributed by atoms with Crippen LogP contribution in [0.25, 0.3) is 0 Å². The second-order valence-corrected chi connectivity index (χ2v) is 5.04. The minimum atomic E-state index is -0.00296. The summed E-state index contributed by atoms with van der Waals surface area (Å²) in [5.41, 5.74) is 10.2. The maximum absolute atomic E-state index is 12.7. The van der Waals surface area contributed by atoms with Gasteiger partial charge in [0, 0.05) is 30.0 Å². The number of nitrogens with two attached hydrogens (primary N) is 1. The maximum Gasteiger partial charge on any atom is 0.276 e. The third-order valence-electron chi connectivity index (χ3n) is 3.73. The van der Waals surface area contributed by atoms with Crippen molar-refractivity contribution >= 4 is 17.3 Å². The summed E-state index contributed by atoms with van der Waals surface area (Å²) < 4.78 is 1.75. The maximum atomic E-state index is 12.7. The molecule has 0 radical (unpaired) electrons. The van der Waals surface area contributed by atoms with Crippen LogP contribution in [0.15, 0.2) is 24.3 Å². The number of carbonyl (C=O) groups excluding carboxylic acids is 1. The van der Waals surface area contributed by atoms with Crippen molar-refractivity contribution in [2.24, 2.45) is 0 Å². The minimum absolute atomic E-state index is 0.00296. The summed E-state index contributed by atoms with van der Waals surface area (Å²) in [4.78, 5) is 14.5. The molecule has 0 bridgehead atoms. The molecule has 3 rings (SSSR count). The second kappa shape index (κ2) is 4.67. The predicted octanol–water partition coefficient (Wildman–Crippen LogP) is 2.00. The third-order valence-corrected chi connectivity index (χ3v) is 3.73. The van der Waals surface area contributed by atoms with Crippen LogP contribution in [0.5, 0.6) is 0 Å². The van der Waals surface area contributed by atoms with Crippen LogP contribution < -0.4 is 10.6 Å². The van der Waals surface area contributed by atoms with Crippen molar-refractivity contribution in [1.29, 1.82) is 0 Å². The van der Waals surface area contributed by atoms with Crippen LogP contribution in [0.1, 0.15) is 28.7 Å². The van der Waals surface area contributed by atoms with Gasteiger partial charge in [0.2, 0.25) is 0 Å². The lowest BCUT2D eigenvalue weighted by atomic mass is 10.1. The number of aryl methyl sites for hydroxylation is 2. The Hall–Kier alpha value is -2.30. The van der Waals surface area contributed by atoms with E-state index >= 15 is 0 Å². The van der Waals surface area contributed by atoms with Gasteiger partial charge in [0.25, 0.3) is 5.91 Å². The topological polar surface area (TPSA) is 64.2 Å². The summed E-state index contributed by atoms with van der Waals surface area (Å²) in [5.74, 6) is -0.00296. The first-order chi connectivity index (χ1) is 9.61. The predicted molar refractivity (Wildman–Crippen MR) is 78.9 cm³/mol. The lowest BCUT2D eigenvalue weighted by molar-refractivity contribution is 0.0979. The van der Waals surface area contributed by atoms with E-state index in [0.717, 1.165) is 29.1 Å². The lowest BCUT2D eigenvalue weighted by Crippen LogP contribution is -2.30.